The van der Waals surface area contributed by atoms with Gasteiger partial charge in [0.05, 0.1) is 17.0 Å². The molecule has 118 valence electrons. The van der Waals surface area contributed by atoms with E-state index in [4.69, 9.17) is 11.6 Å². The average molecular weight is 352 g/mol. The van der Waals surface area contributed by atoms with Gasteiger partial charge in [-0.15, -0.1) is 11.3 Å². The molecule has 0 amide bonds. The Hall–Kier alpha value is -1.87. The third-order valence-electron chi connectivity index (χ3n) is 2.82. The fraction of sp³-hybridized carbons (Fsp3) is 0.250. The number of alkyl halides is 3. The number of hydrogen-bond donors (Lipinski definition) is 1. The van der Waals surface area contributed by atoms with Gasteiger partial charge >= 0.3 is 6.18 Å². The zero-order chi connectivity index (χ0) is 16.5. The second-order valence-corrected chi connectivity index (χ2v) is 6.07. The summed E-state index contributed by atoms with van der Waals surface area (Å²) in [4.78, 5) is 14.7. The number of aryl methyl sites for hydroxylation is 1. The first-order chi connectivity index (χ1) is 10.2. The van der Waals surface area contributed by atoms with Crippen molar-refractivity contribution < 1.29 is 18.1 Å². The molecule has 0 radical (unpaired) electrons. The highest BCUT2D eigenvalue weighted by Crippen LogP contribution is 2.37. The molecule has 1 heterocycles. The number of halogens is 4. The van der Waals surface area contributed by atoms with Gasteiger partial charge in [0.25, 0.3) is 5.69 Å². The zero-order valence-electron chi connectivity index (χ0n) is 11.1. The average Bonchev–Trinajstić information content (AvgIpc) is 2.80. The Kier molecular flexibility index (Phi) is 4.57. The van der Waals surface area contributed by atoms with Crippen LogP contribution in [0.5, 0.6) is 0 Å². The highest BCUT2D eigenvalue weighted by atomic mass is 35.5. The third kappa shape index (κ3) is 3.66. The lowest BCUT2D eigenvalue weighted by molar-refractivity contribution is -0.384. The van der Waals surface area contributed by atoms with Crippen LogP contribution >= 0.6 is 22.9 Å². The predicted molar refractivity (Wildman–Crippen MR) is 77.3 cm³/mol. The lowest BCUT2D eigenvalue weighted by atomic mass is 10.1. The molecule has 0 unspecified atom stereocenters. The van der Waals surface area contributed by atoms with E-state index in [2.05, 4.69) is 10.3 Å². The first-order valence-corrected chi connectivity index (χ1v) is 7.08. The van der Waals surface area contributed by atoms with Crippen LogP contribution in [-0.4, -0.2) is 9.91 Å². The molecule has 1 aromatic carbocycles. The zero-order valence-corrected chi connectivity index (χ0v) is 12.6. The molecule has 0 aliphatic heterocycles. The molecule has 10 heteroatoms. The van der Waals surface area contributed by atoms with Crippen LogP contribution in [0.2, 0.25) is 4.47 Å². The Balaban J connectivity index is 2.34. The first kappa shape index (κ1) is 16.5. The van der Waals surface area contributed by atoms with Crippen LogP contribution < -0.4 is 5.32 Å². The Bertz CT molecular complexity index is 718. The number of nitrogens with one attached hydrogen (secondary N) is 1. The van der Waals surface area contributed by atoms with Gasteiger partial charge in [-0.25, -0.2) is 4.98 Å². The molecule has 1 aromatic heterocycles. The van der Waals surface area contributed by atoms with Crippen LogP contribution in [0.15, 0.2) is 18.3 Å². The topological polar surface area (TPSA) is 68.1 Å². The standard InChI is InChI=1S/C12H9ClF3N3O2S/c1-6-2-9(17-4-7-5-18-11(13)22-7)10(19(20)21)3-8(6)12(14,15)16/h2-3,5,17H,4H2,1H3. The van der Waals surface area contributed by atoms with E-state index in [1.807, 2.05) is 0 Å². The fourth-order valence-electron chi connectivity index (χ4n) is 1.84. The predicted octanol–water partition coefficient (Wildman–Crippen LogP) is 4.64. The fourth-order valence-corrected chi connectivity index (χ4v) is 2.76. The van der Waals surface area contributed by atoms with Crippen LogP contribution in [0.4, 0.5) is 24.5 Å². The van der Waals surface area contributed by atoms with Crippen LogP contribution in [0.1, 0.15) is 16.0 Å². The van der Waals surface area contributed by atoms with Crippen molar-refractivity contribution in [1.29, 1.82) is 0 Å². The molecule has 1 N–H and O–H groups in total. The van der Waals surface area contributed by atoms with Gasteiger partial charge in [0.1, 0.15) is 5.69 Å². The molecule has 2 aromatic rings. The maximum Gasteiger partial charge on any atom is 0.416 e. The van der Waals surface area contributed by atoms with Crippen LogP contribution in [-0.2, 0) is 12.7 Å². The maximum absolute atomic E-state index is 12.8. The molecule has 0 fully saturated rings. The minimum Gasteiger partial charge on any atom is -0.375 e. The smallest absolute Gasteiger partial charge is 0.375 e. The Morgan fingerprint density at radius 3 is 2.64 bits per heavy atom. The van der Waals surface area contributed by atoms with E-state index in [0.717, 1.165) is 6.07 Å². The molecule has 0 aliphatic rings. The molecule has 0 spiro atoms. The Labute approximate surface area is 131 Å². The molecular weight excluding hydrogens is 343 g/mol. The summed E-state index contributed by atoms with van der Waals surface area (Å²) in [7, 11) is 0. The molecule has 0 bridgehead atoms. The van der Waals surface area contributed by atoms with Crippen molar-refractivity contribution in [2.75, 3.05) is 5.32 Å². The van der Waals surface area contributed by atoms with Gasteiger partial charge < -0.3 is 5.32 Å². The van der Waals surface area contributed by atoms with Crippen molar-refractivity contribution in [3.8, 4) is 0 Å². The van der Waals surface area contributed by atoms with E-state index in [1.165, 1.54) is 24.5 Å². The number of thiazole rings is 1. The number of anilines is 1. The maximum atomic E-state index is 12.8. The number of hydrogen-bond acceptors (Lipinski definition) is 5. The third-order valence-corrected chi connectivity index (χ3v) is 3.94. The second kappa shape index (κ2) is 6.09. The molecule has 0 saturated heterocycles. The quantitative estimate of drug-likeness (QED) is 0.643. The van der Waals surface area contributed by atoms with E-state index >= 15 is 0 Å². The van der Waals surface area contributed by atoms with Gasteiger partial charge in [-0.2, -0.15) is 13.2 Å². The summed E-state index contributed by atoms with van der Waals surface area (Å²) >= 11 is 6.84. The number of nitro groups is 1. The molecular formula is C12H9ClF3N3O2S. The molecule has 5 nitrogen and oxygen atoms in total. The van der Waals surface area contributed by atoms with Gasteiger partial charge in [0, 0.05) is 17.1 Å². The van der Waals surface area contributed by atoms with Gasteiger partial charge in [-0.3, -0.25) is 10.1 Å². The van der Waals surface area contributed by atoms with Crippen LogP contribution in [0.3, 0.4) is 0 Å². The summed E-state index contributed by atoms with van der Waals surface area (Å²) in [5, 5.41) is 13.7. The first-order valence-electron chi connectivity index (χ1n) is 5.89. The molecule has 0 aliphatic carbocycles. The molecule has 22 heavy (non-hydrogen) atoms. The second-order valence-electron chi connectivity index (χ2n) is 4.37. The SMILES string of the molecule is Cc1cc(NCc2cnc(Cl)s2)c([N+](=O)[O-])cc1C(F)(F)F. The Morgan fingerprint density at radius 1 is 1.45 bits per heavy atom. The number of nitro benzene ring substituents is 1. The largest absolute Gasteiger partial charge is 0.416 e. The summed E-state index contributed by atoms with van der Waals surface area (Å²) in [5.41, 5.74) is -1.73. The minimum atomic E-state index is -4.64. The van der Waals surface area contributed by atoms with Gasteiger partial charge in [0.15, 0.2) is 4.47 Å². The van der Waals surface area contributed by atoms with Crippen LogP contribution in [0, 0.1) is 17.0 Å². The highest BCUT2D eigenvalue weighted by Gasteiger charge is 2.35. The number of rotatable bonds is 4. The van der Waals surface area contributed by atoms with E-state index in [9.17, 15) is 23.3 Å². The van der Waals surface area contributed by atoms with Crippen molar-refractivity contribution in [2.24, 2.45) is 0 Å². The number of benzene rings is 1. The lowest BCUT2D eigenvalue weighted by Crippen LogP contribution is -2.10. The summed E-state index contributed by atoms with van der Waals surface area (Å²) in [6.07, 6.45) is -3.15. The number of nitrogens with zero attached hydrogens (tertiary/aromatic N) is 2. The Morgan fingerprint density at radius 2 is 2.14 bits per heavy atom. The summed E-state index contributed by atoms with van der Waals surface area (Å²) < 4.78 is 38.8. The van der Waals surface area contributed by atoms with E-state index in [0.29, 0.717) is 15.4 Å². The van der Waals surface area contributed by atoms with Crippen molar-refractivity contribution in [3.05, 3.63) is 48.9 Å². The molecule has 0 saturated carbocycles. The monoisotopic (exact) mass is 351 g/mol. The molecule has 0 atom stereocenters. The van der Waals surface area contributed by atoms with Crippen molar-refractivity contribution in [2.45, 2.75) is 19.6 Å². The summed E-state index contributed by atoms with van der Waals surface area (Å²) in [5.74, 6) is 0. The van der Waals surface area contributed by atoms with Gasteiger partial charge in [-0.05, 0) is 18.6 Å². The minimum absolute atomic E-state index is 0.0139. The summed E-state index contributed by atoms with van der Waals surface area (Å²) in [6.45, 7) is 1.43. The summed E-state index contributed by atoms with van der Waals surface area (Å²) in [6, 6.07) is 1.65. The van der Waals surface area contributed by atoms with Crippen molar-refractivity contribution >= 4 is 34.3 Å². The van der Waals surface area contributed by atoms with Crippen molar-refractivity contribution in [3.63, 3.8) is 0 Å². The number of aromatic nitrogens is 1. The normalized spacial score (nSPS) is 11.5. The molecule has 2 rings (SSSR count). The van der Waals surface area contributed by atoms with Crippen molar-refractivity contribution in [1.82, 2.24) is 4.98 Å². The lowest BCUT2D eigenvalue weighted by Gasteiger charge is -2.13. The van der Waals surface area contributed by atoms with Crippen LogP contribution in [0.25, 0.3) is 0 Å². The van der Waals surface area contributed by atoms with E-state index in [-0.39, 0.29) is 17.8 Å². The van der Waals surface area contributed by atoms with E-state index in [1.54, 1.807) is 0 Å². The van der Waals surface area contributed by atoms with Gasteiger partial charge in [0.2, 0.25) is 0 Å². The van der Waals surface area contributed by atoms with E-state index < -0.39 is 22.4 Å². The highest BCUT2D eigenvalue weighted by molar-refractivity contribution is 7.15. The van der Waals surface area contributed by atoms with Gasteiger partial charge in [-0.1, -0.05) is 11.6 Å².